The van der Waals surface area contributed by atoms with Crippen molar-refractivity contribution in [3.05, 3.63) is 69.5 Å². The van der Waals surface area contributed by atoms with Gasteiger partial charge in [0.1, 0.15) is 22.8 Å². The van der Waals surface area contributed by atoms with Gasteiger partial charge < -0.3 is 25.6 Å². The molecular weight excluding hydrogens is 572 g/mol. The molecule has 6 rings (SSSR count). The maximum absolute atomic E-state index is 13.3. The van der Waals surface area contributed by atoms with Crippen molar-refractivity contribution in [1.82, 2.24) is 34.6 Å². The van der Waals surface area contributed by atoms with E-state index in [1.165, 1.54) is 4.68 Å². The van der Waals surface area contributed by atoms with Gasteiger partial charge in [0.05, 0.1) is 48.2 Å². The first kappa shape index (κ1) is 28.6. The second-order valence-corrected chi connectivity index (χ2v) is 11.0. The van der Waals surface area contributed by atoms with Crippen molar-refractivity contribution in [2.75, 3.05) is 54.9 Å². The number of anilines is 3. The Hall–Kier alpha value is -4.49. The van der Waals surface area contributed by atoms with Crippen LogP contribution in [0.4, 0.5) is 17.5 Å². The van der Waals surface area contributed by atoms with Crippen molar-refractivity contribution in [2.45, 2.75) is 25.8 Å². The molecule has 2 saturated heterocycles. The molecule has 2 fully saturated rings. The standard InChI is InChI=1S/C29H33ClN10O3/c1-18-25(29(42)40(37(18)2)23-6-4-3-5-20(23)30)28(41)34-19-7-9-39(10-8-19)27-26(31)33-16-22(36-27)21-15-32-17-24(35-21)38-11-13-43-14-12-38/h3-6,15-17,19H,7-14H2,1-2H3,(H2,31,33)(H,34,41). The molecule has 2 aliphatic heterocycles. The number of aromatic nitrogens is 6. The minimum Gasteiger partial charge on any atom is -0.381 e. The fraction of sp³-hybridized carbons (Fsp3) is 0.379. The fourth-order valence-electron chi connectivity index (χ4n) is 5.53. The summed E-state index contributed by atoms with van der Waals surface area (Å²) in [6.07, 6.45) is 6.31. The van der Waals surface area contributed by atoms with E-state index in [0.29, 0.717) is 78.6 Å². The SMILES string of the molecule is Cc1c(C(=O)NC2CCN(c3nc(-c4cncc(N5CCOCC5)n4)cnc3N)CC2)c(=O)n(-c2ccccc2Cl)n1C. The highest BCUT2D eigenvalue weighted by Crippen LogP contribution is 2.27. The number of nitrogen functional groups attached to an aromatic ring is 1. The quantitative estimate of drug-likeness (QED) is 0.335. The highest BCUT2D eigenvalue weighted by Gasteiger charge is 2.28. The zero-order valence-electron chi connectivity index (χ0n) is 24.0. The van der Waals surface area contributed by atoms with Crippen molar-refractivity contribution < 1.29 is 9.53 Å². The van der Waals surface area contributed by atoms with Gasteiger partial charge in [-0.1, -0.05) is 23.7 Å². The molecule has 3 N–H and O–H groups in total. The summed E-state index contributed by atoms with van der Waals surface area (Å²) < 4.78 is 8.52. The molecule has 0 bridgehead atoms. The van der Waals surface area contributed by atoms with Gasteiger partial charge in [-0.15, -0.1) is 0 Å². The number of amides is 1. The van der Waals surface area contributed by atoms with Crippen LogP contribution in [0.2, 0.25) is 5.02 Å². The van der Waals surface area contributed by atoms with Crippen LogP contribution in [0, 0.1) is 6.92 Å². The van der Waals surface area contributed by atoms with Crippen LogP contribution < -0.4 is 26.4 Å². The van der Waals surface area contributed by atoms with Crippen molar-refractivity contribution in [1.29, 1.82) is 0 Å². The summed E-state index contributed by atoms with van der Waals surface area (Å²) in [4.78, 5) is 49.2. The number of nitrogens with zero attached hydrogens (tertiary/aromatic N) is 8. The van der Waals surface area contributed by atoms with Crippen molar-refractivity contribution in [3.63, 3.8) is 0 Å². The first-order chi connectivity index (χ1) is 20.8. The number of carbonyl (C=O) groups is 1. The molecule has 0 radical (unpaired) electrons. The van der Waals surface area contributed by atoms with E-state index in [1.54, 1.807) is 61.5 Å². The first-order valence-electron chi connectivity index (χ1n) is 14.2. The Balaban J connectivity index is 1.14. The number of carbonyl (C=O) groups excluding carboxylic acids is 1. The van der Waals surface area contributed by atoms with E-state index >= 15 is 0 Å². The summed E-state index contributed by atoms with van der Waals surface area (Å²) in [6.45, 7) is 5.77. The number of hydrogen-bond acceptors (Lipinski definition) is 10. The molecular formula is C29H33ClN10O3. The summed E-state index contributed by atoms with van der Waals surface area (Å²) in [6, 6.07) is 6.93. The number of hydrogen-bond donors (Lipinski definition) is 2. The lowest BCUT2D eigenvalue weighted by molar-refractivity contribution is 0.0929. The molecule has 4 aromatic rings. The van der Waals surface area contributed by atoms with Crippen LogP contribution in [0.5, 0.6) is 0 Å². The predicted molar refractivity (Wildman–Crippen MR) is 164 cm³/mol. The third-order valence-corrected chi connectivity index (χ3v) is 8.31. The monoisotopic (exact) mass is 604 g/mol. The van der Waals surface area contributed by atoms with Crippen LogP contribution in [0.25, 0.3) is 17.1 Å². The second-order valence-electron chi connectivity index (χ2n) is 10.6. The lowest BCUT2D eigenvalue weighted by atomic mass is 10.0. The van der Waals surface area contributed by atoms with Crippen LogP contribution in [0.1, 0.15) is 28.9 Å². The molecule has 13 nitrogen and oxygen atoms in total. The van der Waals surface area contributed by atoms with E-state index in [0.717, 1.165) is 18.9 Å². The maximum atomic E-state index is 13.3. The Morgan fingerprint density at radius 2 is 1.74 bits per heavy atom. The smallest absolute Gasteiger partial charge is 0.284 e. The number of halogens is 1. The number of nitrogens with one attached hydrogen (secondary N) is 1. The molecule has 0 unspecified atom stereocenters. The van der Waals surface area contributed by atoms with Gasteiger partial charge in [-0.2, -0.15) is 0 Å². The Morgan fingerprint density at radius 3 is 2.49 bits per heavy atom. The summed E-state index contributed by atoms with van der Waals surface area (Å²) in [5.41, 5.74) is 8.21. The lowest BCUT2D eigenvalue weighted by Crippen LogP contribution is -2.46. The van der Waals surface area contributed by atoms with Crippen LogP contribution in [0.15, 0.2) is 47.7 Å². The molecule has 0 atom stereocenters. The minimum absolute atomic E-state index is 0.105. The van der Waals surface area contributed by atoms with Gasteiger partial charge in [0.25, 0.3) is 11.5 Å². The summed E-state index contributed by atoms with van der Waals surface area (Å²) in [7, 11) is 1.74. The van der Waals surface area contributed by atoms with E-state index in [-0.39, 0.29) is 11.6 Å². The van der Waals surface area contributed by atoms with Crippen LogP contribution in [-0.2, 0) is 11.8 Å². The molecule has 3 aromatic heterocycles. The average molecular weight is 605 g/mol. The largest absolute Gasteiger partial charge is 0.381 e. The Bertz CT molecular complexity index is 1710. The molecule has 5 heterocycles. The Labute approximate surface area is 253 Å². The third-order valence-electron chi connectivity index (χ3n) is 7.99. The lowest BCUT2D eigenvalue weighted by Gasteiger charge is -2.33. The highest BCUT2D eigenvalue weighted by atomic mass is 35.5. The van der Waals surface area contributed by atoms with E-state index < -0.39 is 11.5 Å². The topological polar surface area (TPSA) is 149 Å². The molecule has 224 valence electrons. The van der Waals surface area contributed by atoms with Crippen molar-refractivity contribution >= 4 is 35.0 Å². The molecule has 0 aliphatic carbocycles. The predicted octanol–water partition coefficient (Wildman–Crippen LogP) is 2.20. The zero-order chi connectivity index (χ0) is 30.1. The van der Waals surface area contributed by atoms with Gasteiger partial charge in [0.15, 0.2) is 11.6 Å². The van der Waals surface area contributed by atoms with E-state index in [2.05, 4.69) is 25.1 Å². The van der Waals surface area contributed by atoms with Crippen molar-refractivity contribution in [3.8, 4) is 17.1 Å². The number of morpholine rings is 1. The molecule has 1 amide bonds. The number of rotatable bonds is 6. The number of nitrogens with two attached hydrogens (primary N) is 1. The van der Waals surface area contributed by atoms with Gasteiger partial charge >= 0.3 is 0 Å². The molecule has 2 aliphatic rings. The molecule has 0 spiro atoms. The van der Waals surface area contributed by atoms with Crippen LogP contribution >= 0.6 is 11.6 Å². The number of ether oxygens (including phenoxy) is 1. The maximum Gasteiger partial charge on any atom is 0.284 e. The summed E-state index contributed by atoms with van der Waals surface area (Å²) in [5, 5.41) is 3.48. The van der Waals surface area contributed by atoms with Gasteiger partial charge in [-0.25, -0.2) is 19.6 Å². The van der Waals surface area contributed by atoms with Gasteiger partial charge in [0, 0.05) is 39.3 Å². The van der Waals surface area contributed by atoms with Crippen LogP contribution in [0.3, 0.4) is 0 Å². The number of piperidine rings is 1. The van der Waals surface area contributed by atoms with E-state index in [9.17, 15) is 9.59 Å². The average Bonchev–Trinajstić information content (AvgIpc) is 3.25. The van der Waals surface area contributed by atoms with Crippen LogP contribution in [-0.4, -0.2) is 80.6 Å². The molecule has 14 heteroatoms. The molecule has 0 saturated carbocycles. The Morgan fingerprint density at radius 1 is 1.02 bits per heavy atom. The van der Waals surface area contributed by atoms with E-state index in [4.69, 9.17) is 32.0 Å². The molecule has 1 aromatic carbocycles. The first-order valence-corrected chi connectivity index (χ1v) is 14.6. The fourth-order valence-corrected chi connectivity index (χ4v) is 5.74. The number of para-hydroxylation sites is 1. The third kappa shape index (κ3) is 5.65. The van der Waals surface area contributed by atoms with Gasteiger partial charge in [0.2, 0.25) is 0 Å². The number of benzene rings is 1. The summed E-state index contributed by atoms with van der Waals surface area (Å²) >= 11 is 6.35. The van der Waals surface area contributed by atoms with Crippen molar-refractivity contribution in [2.24, 2.45) is 7.05 Å². The molecule has 43 heavy (non-hydrogen) atoms. The normalized spacial score (nSPS) is 16.0. The second kappa shape index (κ2) is 12.0. The van der Waals surface area contributed by atoms with Gasteiger partial charge in [-0.05, 0) is 31.9 Å². The highest BCUT2D eigenvalue weighted by molar-refractivity contribution is 6.32. The Kier molecular flexibility index (Phi) is 8.00. The zero-order valence-corrected chi connectivity index (χ0v) is 24.8. The van der Waals surface area contributed by atoms with Gasteiger partial charge in [-0.3, -0.25) is 19.3 Å². The van der Waals surface area contributed by atoms with E-state index in [1.807, 2.05) is 0 Å². The summed E-state index contributed by atoms with van der Waals surface area (Å²) in [5.74, 6) is 1.26. The minimum atomic E-state index is -0.413.